The lowest BCUT2D eigenvalue weighted by Crippen LogP contribution is -2.45. The molecule has 2 heterocycles. The number of amides is 1. The molecule has 0 fully saturated rings. The minimum absolute atomic E-state index is 0.0427. The van der Waals surface area contributed by atoms with Crippen LogP contribution < -0.4 is 5.32 Å². The smallest absolute Gasteiger partial charge is 0.241 e. The number of carbonyl (C=O) groups is 1. The van der Waals surface area contributed by atoms with E-state index in [0.29, 0.717) is 0 Å². The second-order valence-corrected chi connectivity index (χ2v) is 8.66. The van der Waals surface area contributed by atoms with E-state index in [1.165, 1.54) is 22.4 Å². The van der Waals surface area contributed by atoms with Crippen molar-refractivity contribution in [2.24, 2.45) is 0 Å². The zero-order valence-electron chi connectivity index (χ0n) is 19.6. The molecular weight excluding hydrogens is 396 g/mol. The third-order valence-electron chi connectivity index (χ3n) is 6.81. The number of hydrogen-bond acceptors (Lipinski definition) is 3. The van der Waals surface area contributed by atoms with E-state index in [4.69, 9.17) is 5.10 Å². The van der Waals surface area contributed by atoms with Crippen molar-refractivity contribution in [3.8, 4) is 0 Å². The van der Waals surface area contributed by atoms with Crippen molar-refractivity contribution in [1.82, 2.24) is 20.0 Å². The third-order valence-corrected chi connectivity index (χ3v) is 6.81. The average molecular weight is 431 g/mol. The predicted octanol–water partition coefficient (Wildman–Crippen LogP) is 4.54. The van der Waals surface area contributed by atoms with Crippen LogP contribution in [-0.2, 0) is 24.2 Å². The Hall–Kier alpha value is -2.92. The normalized spacial score (nSPS) is 17.1. The number of benzene rings is 2. The minimum atomic E-state index is -0.319. The van der Waals surface area contributed by atoms with Gasteiger partial charge in [-0.1, -0.05) is 54.6 Å². The zero-order valence-corrected chi connectivity index (χ0v) is 19.6. The Labute approximate surface area is 191 Å². The summed E-state index contributed by atoms with van der Waals surface area (Å²) in [7, 11) is 1.73. The van der Waals surface area contributed by atoms with Crippen molar-refractivity contribution < 1.29 is 4.79 Å². The number of nitrogens with one attached hydrogen (secondary N) is 1. The molecular formula is C27H34N4O. The van der Waals surface area contributed by atoms with E-state index >= 15 is 0 Å². The SMILES string of the molecule is CCn1nc(C)c2c1CCN([C@@H](C(=O)NC)c1ccccc1)C2CCc1ccccc1C. The minimum Gasteiger partial charge on any atom is -0.358 e. The van der Waals surface area contributed by atoms with E-state index < -0.39 is 0 Å². The second kappa shape index (κ2) is 9.70. The molecule has 5 nitrogen and oxygen atoms in total. The Kier molecular flexibility index (Phi) is 6.75. The number of aromatic nitrogens is 2. The van der Waals surface area contributed by atoms with Gasteiger partial charge in [0.15, 0.2) is 0 Å². The van der Waals surface area contributed by atoms with Crippen LogP contribution in [0.25, 0.3) is 0 Å². The van der Waals surface area contributed by atoms with E-state index in [2.05, 4.69) is 72.1 Å². The number of rotatable bonds is 7. The van der Waals surface area contributed by atoms with Gasteiger partial charge in [0.05, 0.1) is 5.69 Å². The highest BCUT2D eigenvalue weighted by atomic mass is 16.2. The number of carbonyl (C=O) groups excluding carboxylic acids is 1. The van der Waals surface area contributed by atoms with Gasteiger partial charge < -0.3 is 5.32 Å². The van der Waals surface area contributed by atoms with E-state index in [0.717, 1.165) is 43.6 Å². The van der Waals surface area contributed by atoms with Crippen molar-refractivity contribution in [2.75, 3.05) is 13.6 Å². The molecule has 1 N–H and O–H groups in total. The van der Waals surface area contributed by atoms with Crippen LogP contribution in [-0.4, -0.2) is 34.2 Å². The van der Waals surface area contributed by atoms with Gasteiger partial charge in [0.25, 0.3) is 0 Å². The number of fused-ring (bicyclic) bond motifs is 1. The molecule has 1 aliphatic heterocycles. The Balaban J connectivity index is 1.76. The first-order chi connectivity index (χ1) is 15.5. The fraction of sp³-hybridized carbons (Fsp3) is 0.407. The molecule has 32 heavy (non-hydrogen) atoms. The van der Waals surface area contributed by atoms with Crippen LogP contribution in [0.15, 0.2) is 54.6 Å². The molecule has 2 aromatic carbocycles. The number of likely N-dealkylation sites (N-methyl/N-ethyl adjacent to an activating group) is 1. The maximum absolute atomic E-state index is 13.2. The highest BCUT2D eigenvalue weighted by Gasteiger charge is 2.39. The maximum Gasteiger partial charge on any atom is 0.241 e. The summed E-state index contributed by atoms with van der Waals surface area (Å²) in [6.07, 6.45) is 2.83. The summed E-state index contributed by atoms with van der Waals surface area (Å²) in [5, 5.41) is 7.77. The van der Waals surface area contributed by atoms with E-state index in [9.17, 15) is 4.79 Å². The first-order valence-corrected chi connectivity index (χ1v) is 11.7. The molecule has 168 valence electrons. The summed E-state index contributed by atoms with van der Waals surface area (Å²) in [5.41, 5.74) is 7.47. The standard InChI is InChI=1S/C27H34N4O/c1-5-31-24-17-18-30(26(27(32)28-4)22-13-7-6-8-14-22)23(25(24)20(3)29-31)16-15-21-12-10-9-11-19(21)2/h6-14,23,26H,5,15-18H2,1-4H3,(H,28,32)/t23?,26-/m1/s1. The molecule has 1 aliphatic rings. The van der Waals surface area contributed by atoms with Crippen LogP contribution in [0.5, 0.6) is 0 Å². The van der Waals surface area contributed by atoms with Crippen LogP contribution >= 0.6 is 0 Å². The number of nitrogens with zero attached hydrogens (tertiary/aromatic N) is 3. The van der Waals surface area contributed by atoms with Gasteiger partial charge in [0.2, 0.25) is 5.91 Å². The lowest BCUT2D eigenvalue weighted by Gasteiger charge is -2.41. The van der Waals surface area contributed by atoms with Gasteiger partial charge in [-0.25, -0.2) is 0 Å². The van der Waals surface area contributed by atoms with Crippen molar-refractivity contribution in [3.05, 3.63) is 88.2 Å². The highest BCUT2D eigenvalue weighted by Crippen LogP contribution is 2.40. The van der Waals surface area contributed by atoms with Crippen molar-refractivity contribution in [1.29, 1.82) is 0 Å². The lowest BCUT2D eigenvalue weighted by molar-refractivity contribution is -0.127. The molecule has 0 bridgehead atoms. The van der Waals surface area contributed by atoms with E-state index in [1.54, 1.807) is 7.05 Å². The molecule has 5 heteroatoms. The summed E-state index contributed by atoms with van der Waals surface area (Å²) in [6, 6.07) is 18.6. The van der Waals surface area contributed by atoms with Crippen LogP contribution in [0, 0.1) is 13.8 Å². The topological polar surface area (TPSA) is 50.2 Å². The molecule has 0 saturated carbocycles. The van der Waals surface area contributed by atoms with E-state index in [1.807, 2.05) is 18.2 Å². The van der Waals surface area contributed by atoms with Gasteiger partial charge in [0, 0.05) is 43.9 Å². The van der Waals surface area contributed by atoms with Gasteiger partial charge in [0.1, 0.15) is 6.04 Å². The van der Waals surface area contributed by atoms with Crippen LogP contribution in [0.3, 0.4) is 0 Å². The number of hydrogen-bond donors (Lipinski definition) is 1. The first kappa shape index (κ1) is 22.3. The fourth-order valence-corrected chi connectivity index (χ4v) is 5.23. The molecule has 2 atom stereocenters. The van der Waals surface area contributed by atoms with Gasteiger partial charge >= 0.3 is 0 Å². The van der Waals surface area contributed by atoms with Crippen LogP contribution in [0.2, 0.25) is 0 Å². The summed E-state index contributed by atoms with van der Waals surface area (Å²) in [4.78, 5) is 15.6. The summed E-state index contributed by atoms with van der Waals surface area (Å²) in [6.45, 7) is 8.16. The molecule has 0 radical (unpaired) electrons. The summed E-state index contributed by atoms with van der Waals surface area (Å²) in [5.74, 6) is 0.0427. The highest BCUT2D eigenvalue weighted by molar-refractivity contribution is 5.83. The summed E-state index contributed by atoms with van der Waals surface area (Å²) < 4.78 is 2.15. The van der Waals surface area contributed by atoms with Gasteiger partial charge in [-0.15, -0.1) is 0 Å². The molecule has 3 aromatic rings. The van der Waals surface area contributed by atoms with Crippen molar-refractivity contribution in [2.45, 2.75) is 58.7 Å². The monoisotopic (exact) mass is 430 g/mol. The first-order valence-electron chi connectivity index (χ1n) is 11.7. The van der Waals surface area contributed by atoms with Crippen molar-refractivity contribution >= 4 is 5.91 Å². The quantitative estimate of drug-likeness (QED) is 0.599. The predicted molar refractivity (Wildman–Crippen MR) is 129 cm³/mol. The van der Waals surface area contributed by atoms with Gasteiger partial charge in [-0.3, -0.25) is 14.4 Å². The Morgan fingerprint density at radius 1 is 1.12 bits per heavy atom. The Morgan fingerprint density at radius 3 is 2.53 bits per heavy atom. The largest absolute Gasteiger partial charge is 0.358 e. The molecule has 0 aliphatic carbocycles. The third kappa shape index (κ3) is 4.22. The lowest BCUT2D eigenvalue weighted by atomic mass is 9.88. The average Bonchev–Trinajstić information content (AvgIpc) is 3.15. The number of aryl methyl sites for hydroxylation is 4. The van der Waals surface area contributed by atoms with Crippen LogP contribution in [0.4, 0.5) is 0 Å². The molecule has 1 amide bonds. The Bertz CT molecular complexity index is 1070. The molecule has 1 unspecified atom stereocenters. The van der Waals surface area contributed by atoms with E-state index in [-0.39, 0.29) is 18.0 Å². The zero-order chi connectivity index (χ0) is 22.7. The fourth-order valence-electron chi connectivity index (χ4n) is 5.23. The van der Waals surface area contributed by atoms with Crippen LogP contribution in [0.1, 0.15) is 59.1 Å². The van der Waals surface area contributed by atoms with Gasteiger partial charge in [-0.2, -0.15) is 5.10 Å². The van der Waals surface area contributed by atoms with Crippen molar-refractivity contribution in [3.63, 3.8) is 0 Å². The second-order valence-electron chi connectivity index (χ2n) is 8.66. The molecule has 0 saturated heterocycles. The molecule has 1 aromatic heterocycles. The molecule has 4 rings (SSSR count). The maximum atomic E-state index is 13.2. The Morgan fingerprint density at radius 2 is 1.84 bits per heavy atom. The summed E-state index contributed by atoms with van der Waals surface area (Å²) >= 11 is 0. The van der Waals surface area contributed by atoms with Gasteiger partial charge in [-0.05, 0) is 50.3 Å². The molecule has 0 spiro atoms.